The van der Waals surface area contributed by atoms with Gasteiger partial charge in [0.25, 0.3) is 0 Å². The number of ether oxygens (including phenoxy) is 1. The quantitative estimate of drug-likeness (QED) is 0.922. The van der Waals surface area contributed by atoms with Gasteiger partial charge in [-0.2, -0.15) is 0 Å². The smallest absolute Gasteiger partial charge is 0.481 e. The van der Waals surface area contributed by atoms with E-state index in [9.17, 15) is 18.0 Å². The van der Waals surface area contributed by atoms with Crippen LogP contribution in [0.25, 0.3) is 11.3 Å². The summed E-state index contributed by atoms with van der Waals surface area (Å²) in [5, 5.41) is 8.98. The van der Waals surface area contributed by atoms with Crippen LogP contribution in [0.1, 0.15) is 5.56 Å². The van der Waals surface area contributed by atoms with Crippen LogP contribution in [0.3, 0.4) is 0 Å². The fourth-order valence-electron chi connectivity index (χ4n) is 1.79. The Balaban J connectivity index is 2.35. The molecule has 0 unspecified atom stereocenters. The number of carbonyl (C=O) groups is 1. The molecule has 0 saturated heterocycles. The van der Waals surface area contributed by atoms with E-state index in [1.165, 1.54) is 24.4 Å². The van der Waals surface area contributed by atoms with Gasteiger partial charge in [0.15, 0.2) is 0 Å². The van der Waals surface area contributed by atoms with Crippen LogP contribution in [0.2, 0.25) is 5.02 Å². The van der Waals surface area contributed by atoms with Crippen molar-refractivity contribution in [3.63, 3.8) is 0 Å². The zero-order chi connectivity index (χ0) is 16.3. The van der Waals surface area contributed by atoms with Crippen LogP contribution in [0.4, 0.5) is 13.2 Å². The first-order valence-electron chi connectivity index (χ1n) is 5.97. The highest BCUT2D eigenvalue weighted by Crippen LogP contribution is 2.28. The molecule has 1 heterocycles. The Bertz CT molecular complexity index is 704. The van der Waals surface area contributed by atoms with E-state index in [1.54, 1.807) is 0 Å². The number of hydrogen-bond donors (Lipinski definition) is 1. The largest absolute Gasteiger partial charge is 0.573 e. The molecule has 0 radical (unpaired) electrons. The van der Waals surface area contributed by atoms with Crippen molar-refractivity contribution >= 4 is 17.6 Å². The Morgan fingerprint density at radius 1 is 1.32 bits per heavy atom. The second kappa shape index (κ2) is 6.23. The van der Waals surface area contributed by atoms with E-state index in [2.05, 4.69) is 9.72 Å². The summed E-state index contributed by atoms with van der Waals surface area (Å²) >= 11 is 5.85. The van der Waals surface area contributed by atoms with Gasteiger partial charge in [0.1, 0.15) is 5.75 Å². The molecule has 4 nitrogen and oxygen atoms in total. The Labute approximate surface area is 128 Å². The molecule has 0 amide bonds. The molecule has 0 aliphatic rings. The van der Waals surface area contributed by atoms with Crippen molar-refractivity contribution in [3.05, 3.63) is 47.1 Å². The zero-order valence-electron chi connectivity index (χ0n) is 10.9. The number of pyridine rings is 1. The van der Waals surface area contributed by atoms with Gasteiger partial charge in [-0.15, -0.1) is 13.2 Å². The van der Waals surface area contributed by atoms with Crippen molar-refractivity contribution in [3.8, 4) is 17.0 Å². The first-order valence-corrected chi connectivity index (χ1v) is 6.35. The summed E-state index contributed by atoms with van der Waals surface area (Å²) in [5.41, 5.74) is 0.972. The lowest BCUT2D eigenvalue weighted by atomic mass is 10.1. The molecule has 1 aromatic carbocycles. The number of hydrogen-bond acceptors (Lipinski definition) is 3. The van der Waals surface area contributed by atoms with Crippen molar-refractivity contribution in [1.82, 2.24) is 4.98 Å². The average Bonchev–Trinajstić information content (AvgIpc) is 2.39. The predicted molar refractivity (Wildman–Crippen MR) is 72.7 cm³/mol. The summed E-state index contributed by atoms with van der Waals surface area (Å²) in [7, 11) is 0. The predicted octanol–water partition coefficient (Wildman–Crippen LogP) is 3.93. The Kier molecular flexibility index (Phi) is 4.56. The lowest BCUT2D eigenvalue weighted by Gasteiger charge is -2.10. The number of halogens is 4. The minimum absolute atomic E-state index is 0.175. The molecule has 0 aliphatic carbocycles. The second-order valence-electron chi connectivity index (χ2n) is 4.31. The van der Waals surface area contributed by atoms with E-state index >= 15 is 0 Å². The lowest BCUT2D eigenvalue weighted by molar-refractivity contribution is -0.274. The summed E-state index contributed by atoms with van der Waals surface area (Å²) < 4.78 is 40.5. The molecular formula is C14H9ClF3NO3. The number of nitrogens with zero attached hydrogens (tertiary/aromatic N) is 1. The van der Waals surface area contributed by atoms with Crippen LogP contribution in [-0.2, 0) is 11.2 Å². The number of alkyl halides is 3. The Morgan fingerprint density at radius 3 is 2.68 bits per heavy atom. The molecule has 0 spiro atoms. The molecule has 2 aromatic rings. The van der Waals surface area contributed by atoms with E-state index in [-0.39, 0.29) is 17.2 Å². The van der Waals surface area contributed by atoms with Crippen molar-refractivity contribution in [1.29, 1.82) is 0 Å². The van der Waals surface area contributed by atoms with Crippen LogP contribution >= 0.6 is 11.6 Å². The summed E-state index contributed by atoms with van der Waals surface area (Å²) in [5.74, 6) is -1.46. The van der Waals surface area contributed by atoms with Gasteiger partial charge in [-0.05, 0) is 23.8 Å². The highest BCUT2D eigenvalue weighted by Gasteiger charge is 2.31. The summed E-state index contributed by atoms with van der Waals surface area (Å²) in [6.45, 7) is 0. The number of rotatable bonds is 4. The maximum Gasteiger partial charge on any atom is 0.573 e. The third-order valence-electron chi connectivity index (χ3n) is 2.64. The van der Waals surface area contributed by atoms with Gasteiger partial charge in [-0.1, -0.05) is 23.7 Å². The van der Waals surface area contributed by atoms with Gasteiger partial charge >= 0.3 is 12.3 Å². The number of carboxylic acids is 1. The summed E-state index contributed by atoms with van der Waals surface area (Å²) in [6.07, 6.45) is -3.85. The first kappa shape index (κ1) is 16.1. The lowest BCUT2D eigenvalue weighted by Crippen LogP contribution is -2.17. The van der Waals surface area contributed by atoms with E-state index in [0.29, 0.717) is 16.8 Å². The zero-order valence-corrected chi connectivity index (χ0v) is 11.6. The van der Waals surface area contributed by atoms with Crippen LogP contribution in [-0.4, -0.2) is 22.4 Å². The number of benzene rings is 1. The molecule has 0 aliphatic heterocycles. The van der Waals surface area contributed by atoms with Crippen molar-refractivity contribution < 1.29 is 27.8 Å². The summed E-state index contributed by atoms with van der Waals surface area (Å²) in [4.78, 5) is 14.7. The van der Waals surface area contributed by atoms with Crippen molar-refractivity contribution in [2.75, 3.05) is 0 Å². The average molecular weight is 332 g/mol. The third kappa shape index (κ3) is 4.36. The fraction of sp³-hybridized carbons (Fsp3) is 0.143. The van der Waals surface area contributed by atoms with Crippen LogP contribution in [0.15, 0.2) is 36.5 Å². The normalized spacial score (nSPS) is 11.3. The molecule has 1 N–H and O–H groups in total. The van der Waals surface area contributed by atoms with E-state index in [4.69, 9.17) is 16.7 Å². The van der Waals surface area contributed by atoms with Gasteiger partial charge in [-0.3, -0.25) is 9.78 Å². The molecule has 0 bridgehead atoms. The van der Waals surface area contributed by atoms with E-state index < -0.39 is 12.3 Å². The first-order chi connectivity index (χ1) is 10.2. The second-order valence-corrected chi connectivity index (χ2v) is 4.71. The molecule has 0 saturated carbocycles. The minimum Gasteiger partial charge on any atom is -0.481 e. The van der Waals surface area contributed by atoms with Crippen LogP contribution in [0.5, 0.6) is 5.75 Å². The van der Waals surface area contributed by atoms with Crippen LogP contribution in [0, 0.1) is 0 Å². The monoisotopic (exact) mass is 331 g/mol. The van der Waals surface area contributed by atoms with Gasteiger partial charge in [0.2, 0.25) is 0 Å². The van der Waals surface area contributed by atoms with Gasteiger partial charge in [-0.25, -0.2) is 0 Å². The Morgan fingerprint density at radius 2 is 2.05 bits per heavy atom. The van der Waals surface area contributed by atoms with Gasteiger partial charge in [0.05, 0.1) is 17.1 Å². The molecule has 2 rings (SSSR count). The number of aliphatic carboxylic acids is 1. The minimum atomic E-state index is -4.79. The molecule has 8 heteroatoms. The van der Waals surface area contributed by atoms with E-state index in [1.807, 2.05) is 0 Å². The molecule has 1 aromatic heterocycles. The molecular weight excluding hydrogens is 323 g/mol. The van der Waals surface area contributed by atoms with Crippen LogP contribution < -0.4 is 4.74 Å². The van der Waals surface area contributed by atoms with Crippen molar-refractivity contribution in [2.24, 2.45) is 0 Å². The standard InChI is InChI=1S/C14H9ClF3NO3/c15-11-7-19-12(5-9(11)6-13(20)21)8-2-1-3-10(4-8)22-14(16,17)18/h1-5,7H,6H2,(H,20,21). The summed E-state index contributed by atoms with van der Waals surface area (Å²) in [6, 6.07) is 6.65. The highest BCUT2D eigenvalue weighted by molar-refractivity contribution is 6.31. The number of aromatic nitrogens is 1. The highest BCUT2D eigenvalue weighted by atomic mass is 35.5. The maximum absolute atomic E-state index is 12.2. The molecule has 0 atom stereocenters. The number of carboxylic acid groups (broad SMARTS) is 1. The third-order valence-corrected chi connectivity index (χ3v) is 2.98. The molecule has 116 valence electrons. The Hall–Kier alpha value is -2.28. The molecule has 0 fully saturated rings. The van der Waals surface area contributed by atoms with Gasteiger partial charge < -0.3 is 9.84 Å². The fourth-order valence-corrected chi connectivity index (χ4v) is 1.96. The van der Waals surface area contributed by atoms with Gasteiger partial charge in [0, 0.05) is 11.8 Å². The van der Waals surface area contributed by atoms with E-state index in [0.717, 1.165) is 12.1 Å². The topological polar surface area (TPSA) is 59.4 Å². The maximum atomic E-state index is 12.2. The SMILES string of the molecule is O=C(O)Cc1cc(-c2cccc(OC(F)(F)F)c2)ncc1Cl. The van der Waals surface area contributed by atoms with Crippen molar-refractivity contribution in [2.45, 2.75) is 12.8 Å². The molecule has 22 heavy (non-hydrogen) atoms.